The second-order valence-electron chi connectivity index (χ2n) is 8.25. The molecule has 2 saturated heterocycles. The van der Waals surface area contributed by atoms with Gasteiger partial charge in [-0.25, -0.2) is 4.79 Å². The molecule has 2 rings (SSSR count). The van der Waals surface area contributed by atoms with E-state index in [1.54, 1.807) is 0 Å². The van der Waals surface area contributed by atoms with Gasteiger partial charge in [0.25, 0.3) is 0 Å². The Balaban J connectivity index is 2.09. The van der Waals surface area contributed by atoms with E-state index in [0.29, 0.717) is 32.0 Å². The fourth-order valence-electron chi connectivity index (χ4n) is 3.97. The molecule has 1 amide bonds. The molecule has 5 nitrogen and oxygen atoms in total. The highest BCUT2D eigenvalue weighted by Crippen LogP contribution is 2.39. The van der Waals surface area contributed by atoms with Crippen molar-refractivity contribution >= 4 is 6.09 Å². The van der Waals surface area contributed by atoms with Gasteiger partial charge in [-0.3, -0.25) is 4.90 Å². The fraction of sp³-hybridized carbons (Fsp3) is 0.944. The fourth-order valence-corrected chi connectivity index (χ4v) is 3.97. The van der Waals surface area contributed by atoms with Crippen molar-refractivity contribution in [3.63, 3.8) is 0 Å². The molecular formula is C18H33NO4. The van der Waals surface area contributed by atoms with Crippen molar-refractivity contribution in [3.8, 4) is 0 Å². The Hall–Kier alpha value is -0.810. The van der Waals surface area contributed by atoms with E-state index in [0.717, 1.165) is 19.3 Å². The molecule has 5 heteroatoms. The van der Waals surface area contributed by atoms with Crippen molar-refractivity contribution in [2.75, 3.05) is 13.2 Å². The van der Waals surface area contributed by atoms with Gasteiger partial charge in [0.05, 0.1) is 30.9 Å². The summed E-state index contributed by atoms with van der Waals surface area (Å²) in [6, 6.07) is -0.173. The highest BCUT2D eigenvalue weighted by molar-refractivity contribution is 5.69. The van der Waals surface area contributed by atoms with Crippen LogP contribution in [-0.4, -0.2) is 52.6 Å². The summed E-state index contributed by atoms with van der Waals surface area (Å²) in [5.41, 5.74) is -1.19. The summed E-state index contributed by atoms with van der Waals surface area (Å²) in [7, 11) is 0. The van der Waals surface area contributed by atoms with Gasteiger partial charge in [-0.1, -0.05) is 26.7 Å². The van der Waals surface area contributed by atoms with Gasteiger partial charge in [-0.05, 0) is 46.0 Å². The van der Waals surface area contributed by atoms with E-state index in [1.807, 2.05) is 25.7 Å². The molecule has 2 aliphatic heterocycles. The lowest BCUT2D eigenvalue weighted by atomic mass is 9.75. The number of piperidine rings is 1. The maximum absolute atomic E-state index is 12.5. The van der Waals surface area contributed by atoms with E-state index in [9.17, 15) is 9.90 Å². The van der Waals surface area contributed by atoms with Crippen LogP contribution in [0.1, 0.15) is 66.7 Å². The third kappa shape index (κ3) is 4.60. The maximum Gasteiger partial charge on any atom is 0.410 e. The van der Waals surface area contributed by atoms with Gasteiger partial charge in [-0.2, -0.15) is 0 Å². The van der Waals surface area contributed by atoms with Gasteiger partial charge in [0, 0.05) is 0 Å². The molecule has 0 aromatic rings. The largest absolute Gasteiger partial charge is 0.444 e. The predicted octanol–water partition coefficient (Wildman–Crippen LogP) is 3.34. The van der Waals surface area contributed by atoms with Gasteiger partial charge in [0.15, 0.2) is 0 Å². The van der Waals surface area contributed by atoms with Crippen molar-refractivity contribution in [2.24, 2.45) is 5.92 Å². The number of carbonyl (C=O) groups excluding carboxylic acids is 1. The van der Waals surface area contributed by atoms with Crippen LogP contribution in [-0.2, 0) is 9.47 Å². The zero-order valence-corrected chi connectivity index (χ0v) is 15.3. The van der Waals surface area contributed by atoms with Crippen LogP contribution in [0.5, 0.6) is 0 Å². The van der Waals surface area contributed by atoms with Crippen LogP contribution in [0, 0.1) is 5.92 Å². The highest BCUT2D eigenvalue weighted by atomic mass is 16.6. The number of morpholine rings is 1. The number of amides is 1. The molecule has 0 aromatic heterocycles. The smallest absolute Gasteiger partial charge is 0.410 e. The monoisotopic (exact) mass is 327 g/mol. The van der Waals surface area contributed by atoms with E-state index in [1.165, 1.54) is 0 Å². The highest BCUT2D eigenvalue weighted by Gasteiger charge is 2.49. The van der Waals surface area contributed by atoms with Crippen LogP contribution in [0.15, 0.2) is 0 Å². The summed E-state index contributed by atoms with van der Waals surface area (Å²) in [5.74, 6) is 0.537. The second-order valence-corrected chi connectivity index (χ2v) is 8.25. The lowest BCUT2D eigenvalue weighted by Crippen LogP contribution is -2.64. The van der Waals surface area contributed by atoms with Crippen molar-refractivity contribution in [1.29, 1.82) is 0 Å². The number of aliphatic hydroxyl groups is 1. The molecule has 134 valence electrons. The Bertz CT molecular complexity index is 400. The third-order valence-corrected chi connectivity index (χ3v) is 5.07. The molecule has 23 heavy (non-hydrogen) atoms. The Morgan fingerprint density at radius 1 is 1.26 bits per heavy atom. The van der Waals surface area contributed by atoms with Gasteiger partial charge in [-0.15, -0.1) is 0 Å². The van der Waals surface area contributed by atoms with Crippen LogP contribution in [0.25, 0.3) is 0 Å². The molecular weight excluding hydrogens is 294 g/mol. The second kappa shape index (κ2) is 6.98. The van der Waals surface area contributed by atoms with E-state index in [-0.39, 0.29) is 18.2 Å². The van der Waals surface area contributed by atoms with Crippen LogP contribution < -0.4 is 0 Å². The Kier molecular flexibility index (Phi) is 5.62. The summed E-state index contributed by atoms with van der Waals surface area (Å²) in [4.78, 5) is 14.4. The lowest BCUT2D eigenvalue weighted by Gasteiger charge is -2.52. The molecule has 2 unspecified atom stereocenters. The molecule has 2 heterocycles. The SMILES string of the molecule is CCC(CC)CC1(O)CC2COCC(C1)N2C(=O)OC(C)(C)C. The predicted molar refractivity (Wildman–Crippen MR) is 89.3 cm³/mol. The average Bonchev–Trinajstić information content (AvgIpc) is 2.41. The first-order chi connectivity index (χ1) is 10.7. The van der Waals surface area contributed by atoms with E-state index in [2.05, 4.69) is 13.8 Å². The Morgan fingerprint density at radius 2 is 1.78 bits per heavy atom. The Morgan fingerprint density at radius 3 is 2.22 bits per heavy atom. The zero-order chi connectivity index (χ0) is 17.3. The number of hydrogen-bond acceptors (Lipinski definition) is 4. The van der Waals surface area contributed by atoms with Crippen LogP contribution in [0.4, 0.5) is 4.79 Å². The lowest BCUT2D eigenvalue weighted by molar-refractivity contribution is -0.143. The molecule has 2 atom stereocenters. The molecule has 0 aliphatic carbocycles. The van der Waals surface area contributed by atoms with Gasteiger partial charge < -0.3 is 14.6 Å². The standard InChI is InChI=1S/C18H33NO4/c1-6-13(7-2)8-18(21)9-14-11-22-12-15(10-18)19(14)16(20)23-17(3,4)5/h13-15,21H,6-12H2,1-5H3. The van der Waals surface area contributed by atoms with Gasteiger partial charge >= 0.3 is 6.09 Å². The average molecular weight is 327 g/mol. The number of carbonyl (C=O) groups is 1. The summed E-state index contributed by atoms with van der Waals surface area (Å²) >= 11 is 0. The first-order valence-corrected chi connectivity index (χ1v) is 8.99. The molecule has 0 aromatic carbocycles. The van der Waals surface area contributed by atoms with Crippen LogP contribution >= 0.6 is 0 Å². The maximum atomic E-state index is 12.5. The van der Waals surface area contributed by atoms with Gasteiger partial charge in [0.1, 0.15) is 5.60 Å². The topological polar surface area (TPSA) is 59.0 Å². The molecule has 2 aliphatic rings. The minimum Gasteiger partial charge on any atom is -0.444 e. The first kappa shape index (κ1) is 18.5. The summed E-state index contributed by atoms with van der Waals surface area (Å²) < 4.78 is 11.2. The van der Waals surface area contributed by atoms with Crippen molar-refractivity contribution in [3.05, 3.63) is 0 Å². The normalized spacial score (nSPS) is 31.3. The summed E-state index contributed by atoms with van der Waals surface area (Å²) in [6.45, 7) is 11.0. The minimum absolute atomic E-state index is 0.0864. The molecule has 0 radical (unpaired) electrons. The van der Waals surface area contributed by atoms with E-state index >= 15 is 0 Å². The third-order valence-electron chi connectivity index (χ3n) is 5.07. The molecule has 2 bridgehead atoms. The molecule has 1 N–H and O–H groups in total. The number of hydrogen-bond donors (Lipinski definition) is 1. The van der Waals surface area contributed by atoms with E-state index in [4.69, 9.17) is 9.47 Å². The van der Waals surface area contributed by atoms with E-state index < -0.39 is 11.2 Å². The number of rotatable bonds is 4. The number of ether oxygens (including phenoxy) is 2. The van der Waals surface area contributed by atoms with Crippen molar-refractivity contribution in [1.82, 2.24) is 4.90 Å². The Labute approximate surface area is 140 Å². The summed E-state index contributed by atoms with van der Waals surface area (Å²) in [5, 5.41) is 11.1. The molecule has 0 saturated carbocycles. The summed E-state index contributed by atoms with van der Waals surface area (Å²) in [6.07, 6.45) is 3.87. The van der Waals surface area contributed by atoms with Crippen LogP contribution in [0.3, 0.4) is 0 Å². The number of fused-ring (bicyclic) bond motifs is 2. The van der Waals surface area contributed by atoms with Crippen molar-refractivity contribution < 1.29 is 19.4 Å². The first-order valence-electron chi connectivity index (χ1n) is 8.99. The van der Waals surface area contributed by atoms with Crippen LogP contribution in [0.2, 0.25) is 0 Å². The molecule has 2 fully saturated rings. The van der Waals surface area contributed by atoms with Gasteiger partial charge in [0.2, 0.25) is 0 Å². The zero-order valence-electron chi connectivity index (χ0n) is 15.3. The minimum atomic E-state index is -0.686. The molecule has 0 spiro atoms. The van der Waals surface area contributed by atoms with Crippen molar-refractivity contribution in [2.45, 2.75) is 90.0 Å². The number of nitrogens with zero attached hydrogens (tertiary/aromatic N) is 1. The quantitative estimate of drug-likeness (QED) is 0.860.